The normalized spacial score (nSPS) is 10.3. The van der Waals surface area contributed by atoms with Crippen molar-refractivity contribution in [2.45, 2.75) is 20.9 Å². The van der Waals surface area contributed by atoms with Crippen molar-refractivity contribution >= 4 is 22.8 Å². The summed E-state index contributed by atoms with van der Waals surface area (Å²) in [7, 11) is 1.76. The van der Waals surface area contributed by atoms with E-state index in [1.165, 1.54) is 0 Å². The van der Waals surface area contributed by atoms with E-state index in [1.807, 2.05) is 41.0 Å². The van der Waals surface area contributed by atoms with Crippen molar-refractivity contribution in [3.63, 3.8) is 0 Å². The van der Waals surface area contributed by atoms with Gasteiger partial charge in [-0.1, -0.05) is 37.8 Å². The fourth-order valence-corrected chi connectivity index (χ4v) is 3.79. The monoisotopic (exact) mass is 453 g/mol. The van der Waals surface area contributed by atoms with E-state index in [0.717, 1.165) is 16.8 Å². The van der Waals surface area contributed by atoms with Crippen molar-refractivity contribution in [2.24, 2.45) is 0 Å². The summed E-state index contributed by atoms with van der Waals surface area (Å²) < 4.78 is 6.91. The number of fused-ring (bicyclic) bond motifs is 1. The molecule has 6 nitrogen and oxygen atoms in total. The second-order valence-electron chi connectivity index (χ2n) is 7.67. The average molecular weight is 454 g/mol. The molecule has 172 valence electrons. The molecule has 1 aromatic heterocycles. The van der Waals surface area contributed by atoms with Gasteiger partial charge in [-0.2, -0.15) is 5.26 Å². The Bertz CT molecular complexity index is 1350. The Labute approximate surface area is 199 Å². The van der Waals surface area contributed by atoms with Gasteiger partial charge in [0.05, 0.1) is 23.3 Å². The van der Waals surface area contributed by atoms with Gasteiger partial charge in [0.25, 0.3) is 5.91 Å². The molecular weight excluding hydrogens is 426 g/mol. The summed E-state index contributed by atoms with van der Waals surface area (Å²) in [5, 5.41) is 10.4. The van der Waals surface area contributed by atoms with E-state index >= 15 is 0 Å². The number of ether oxygens (including phenoxy) is 1. The van der Waals surface area contributed by atoms with Crippen molar-refractivity contribution < 1.29 is 14.3 Å². The maximum atomic E-state index is 13.0. The molecule has 0 aliphatic heterocycles. The third-order valence-electron chi connectivity index (χ3n) is 5.44. The first kappa shape index (κ1) is 24.3. The van der Waals surface area contributed by atoms with Crippen LogP contribution < -0.4 is 0 Å². The maximum Gasteiger partial charge on any atom is 0.338 e. The predicted molar refractivity (Wildman–Crippen MR) is 133 cm³/mol. The fraction of sp³-hybridized carbons (Fsp3) is 0.179. The Balaban J connectivity index is 0.00000324. The second kappa shape index (κ2) is 10.5. The van der Waals surface area contributed by atoms with E-state index in [4.69, 9.17) is 4.74 Å². The minimum absolute atomic E-state index is 0. The molecule has 0 unspecified atom stereocenters. The van der Waals surface area contributed by atoms with Crippen LogP contribution in [0.3, 0.4) is 0 Å². The van der Waals surface area contributed by atoms with Gasteiger partial charge in [-0.3, -0.25) is 4.79 Å². The van der Waals surface area contributed by atoms with Crippen LogP contribution in [0.15, 0.2) is 79.0 Å². The predicted octanol–water partition coefficient (Wildman–Crippen LogP) is 5.59. The zero-order valence-corrected chi connectivity index (χ0v) is 18.5. The third-order valence-corrected chi connectivity index (χ3v) is 5.44. The summed E-state index contributed by atoms with van der Waals surface area (Å²) in [6.45, 7) is 2.58. The van der Waals surface area contributed by atoms with E-state index in [9.17, 15) is 14.9 Å². The smallest absolute Gasteiger partial charge is 0.338 e. The molecule has 0 spiro atoms. The Morgan fingerprint density at radius 1 is 1.00 bits per heavy atom. The van der Waals surface area contributed by atoms with E-state index in [1.54, 1.807) is 61.5 Å². The highest BCUT2D eigenvalue weighted by molar-refractivity contribution is 6.00. The van der Waals surface area contributed by atoms with Crippen molar-refractivity contribution in [3.8, 4) is 11.8 Å². The van der Waals surface area contributed by atoms with E-state index < -0.39 is 0 Å². The fourth-order valence-electron chi connectivity index (χ4n) is 3.79. The number of nitrogens with zero attached hydrogens (tertiary/aromatic N) is 3. The number of carbonyl (C=O) groups is 2. The summed E-state index contributed by atoms with van der Waals surface area (Å²) in [4.78, 5) is 26.6. The summed E-state index contributed by atoms with van der Waals surface area (Å²) in [5.74, 6) is -0.488. The molecule has 0 N–H and O–H groups in total. The zero-order valence-electron chi connectivity index (χ0n) is 18.5. The number of esters is 1. The van der Waals surface area contributed by atoms with Gasteiger partial charge in [-0.05, 0) is 55.0 Å². The molecule has 0 atom stereocenters. The molecule has 0 bridgehead atoms. The number of aromatic nitrogens is 1. The summed E-state index contributed by atoms with van der Waals surface area (Å²) in [6, 6.07) is 24.4. The van der Waals surface area contributed by atoms with Gasteiger partial charge in [-0.15, -0.1) is 0 Å². The summed E-state index contributed by atoms with van der Waals surface area (Å²) >= 11 is 0. The second-order valence-corrected chi connectivity index (χ2v) is 7.67. The van der Waals surface area contributed by atoms with Crippen LogP contribution in [0.25, 0.3) is 16.6 Å². The topological polar surface area (TPSA) is 75.3 Å². The Kier molecular flexibility index (Phi) is 7.50. The van der Waals surface area contributed by atoms with E-state index in [2.05, 4.69) is 6.07 Å². The number of nitriles is 1. The molecule has 0 radical (unpaired) electrons. The van der Waals surface area contributed by atoms with Gasteiger partial charge in [-0.25, -0.2) is 4.79 Å². The molecule has 0 saturated heterocycles. The number of carbonyl (C=O) groups excluding carboxylic acids is 2. The number of rotatable bonds is 6. The van der Waals surface area contributed by atoms with Crippen molar-refractivity contribution in [3.05, 3.63) is 101 Å². The van der Waals surface area contributed by atoms with E-state index in [-0.39, 0.29) is 19.3 Å². The minimum Gasteiger partial charge on any atom is -0.462 e. The number of benzene rings is 3. The van der Waals surface area contributed by atoms with Crippen LogP contribution in [-0.2, 0) is 11.3 Å². The van der Waals surface area contributed by atoms with Gasteiger partial charge >= 0.3 is 5.97 Å². The van der Waals surface area contributed by atoms with Crippen LogP contribution in [0.5, 0.6) is 0 Å². The number of amides is 1. The molecule has 3 aromatic carbocycles. The molecule has 4 aromatic rings. The van der Waals surface area contributed by atoms with Gasteiger partial charge in [0.15, 0.2) is 0 Å². The number of hydrogen-bond donors (Lipinski definition) is 0. The molecule has 6 heteroatoms. The van der Waals surface area contributed by atoms with Crippen molar-refractivity contribution in [2.75, 3.05) is 13.7 Å². The van der Waals surface area contributed by atoms with Crippen LogP contribution in [-0.4, -0.2) is 35.0 Å². The largest absolute Gasteiger partial charge is 0.462 e. The molecule has 0 fully saturated rings. The lowest BCUT2D eigenvalue weighted by Crippen LogP contribution is -2.26. The molecule has 1 heterocycles. The molecule has 0 aliphatic carbocycles. The molecule has 34 heavy (non-hydrogen) atoms. The number of hydrogen-bond acceptors (Lipinski definition) is 4. The summed E-state index contributed by atoms with van der Waals surface area (Å²) in [5.41, 5.74) is 4.11. The minimum atomic E-state index is -0.373. The Morgan fingerprint density at radius 2 is 1.68 bits per heavy atom. The molecule has 4 rings (SSSR count). The Hall–Kier alpha value is -4.37. The lowest BCUT2D eigenvalue weighted by Gasteiger charge is -2.17. The maximum absolute atomic E-state index is 13.0. The molecular formula is C28H27N3O3. The first-order valence-electron chi connectivity index (χ1n) is 10.6. The Morgan fingerprint density at radius 3 is 2.32 bits per heavy atom. The first-order valence-corrected chi connectivity index (χ1v) is 10.6. The zero-order chi connectivity index (χ0) is 23.4. The standard InChI is InChI=1S/C27H23N3O3.CH4/c1-3-33-27(32)20-9-12-23(13-10-20)30-18-22(16-28)24-15-21(11-14-25(24)30)26(31)29(2)17-19-7-5-4-6-8-19;/h4-15,18H,3,17H2,1-2H3;1H4. The highest BCUT2D eigenvalue weighted by Gasteiger charge is 2.16. The van der Waals surface area contributed by atoms with Gasteiger partial charge in [0.1, 0.15) is 6.07 Å². The van der Waals surface area contributed by atoms with Crippen LogP contribution in [0.2, 0.25) is 0 Å². The lowest BCUT2D eigenvalue weighted by molar-refractivity contribution is 0.0526. The van der Waals surface area contributed by atoms with Gasteiger partial charge in [0, 0.05) is 36.4 Å². The molecule has 0 aliphatic rings. The summed E-state index contributed by atoms with van der Waals surface area (Å²) in [6.07, 6.45) is 1.74. The quantitative estimate of drug-likeness (QED) is 0.357. The molecule has 0 saturated carbocycles. The average Bonchev–Trinajstić information content (AvgIpc) is 3.22. The van der Waals surface area contributed by atoms with Crippen LogP contribution in [0.4, 0.5) is 0 Å². The van der Waals surface area contributed by atoms with Crippen molar-refractivity contribution in [1.29, 1.82) is 5.26 Å². The van der Waals surface area contributed by atoms with Gasteiger partial charge in [0.2, 0.25) is 0 Å². The van der Waals surface area contributed by atoms with Crippen molar-refractivity contribution in [1.82, 2.24) is 9.47 Å². The first-order chi connectivity index (χ1) is 16.0. The highest BCUT2D eigenvalue weighted by Crippen LogP contribution is 2.26. The van der Waals surface area contributed by atoms with Crippen LogP contribution in [0, 0.1) is 11.3 Å². The lowest BCUT2D eigenvalue weighted by atomic mass is 10.1. The van der Waals surface area contributed by atoms with Crippen LogP contribution >= 0.6 is 0 Å². The van der Waals surface area contributed by atoms with Gasteiger partial charge < -0.3 is 14.2 Å². The highest BCUT2D eigenvalue weighted by atomic mass is 16.5. The SMILES string of the molecule is C.CCOC(=O)c1ccc(-n2cc(C#N)c3cc(C(=O)N(C)Cc4ccccc4)ccc32)cc1. The molecule has 1 amide bonds. The van der Waals surface area contributed by atoms with Crippen LogP contribution in [0.1, 0.15) is 46.2 Å². The third kappa shape index (κ3) is 4.84. The van der Waals surface area contributed by atoms with E-state index in [0.29, 0.717) is 35.2 Å².